The normalized spacial score (nSPS) is 17.5. The van der Waals surface area contributed by atoms with Gasteiger partial charge < -0.3 is 10.2 Å². The predicted octanol–water partition coefficient (Wildman–Crippen LogP) is 0.870. The number of benzene rings is 1. The van der Waals surface area contributed by atoms with E-state index in [4.69, 9.17) is 0 Å². The first-order chi connectivity index (χ1) is 12.0. The molecular weight excluding hydrogens is 342 g/mol. The molecule has 25 heavy (non-hydrogen) atoms. The maximum atomic E-state index is 12.3. The van der Waals surface area contributed by atoms with Gasteiger partial charge in [-0.1, -0.05) is 0 Å². The van der Waals surface area contributed by atoms with Crippen LogP contribution in [0.3, 0.4) is 0 Å². The Morgan fingerprint density at radius 3 is 2.32 bits per heavy atom. The predicted molar refractivity (Wildman–Crippen MR) is 92.5 cm³/mol. The van der Waals surface area contributed by atoms with Gasteiger partial charge in [0.05, 0.1) is 4.90 Å². The average Bonchev–Trinajstić information content (AvgIpc) is 3.23. The summed E-state index contributed by atoms with van der Waals surface area (Å²) < 4.78 is 26.9. The van der Waals surface area contributed by atoms with Gasteiger partial charge in [0.2, 0.25) is 15.9 Å². The van der Waals surface area contributed by atoms with Crippen LogP contribution in [0.25, 0.3) is 0 Å². The number of hydrogen-bond donors (Lipinski definition) is 2. The molecule has 2 fully saturated rings. The van der Waals surface area contributed by atoms with Crippen molar-refractivity contribution in [2.24, 2.45) is 0 Å². The number of nitrogens with one attached hydrogen (secondary N) is 2. The zero-order chi connectivity index (χ0) is 17.9. The first-order valence-electron chi connectivity index (χ1n) is 8.64. The third kappa shape index (κ3) is 4.79. The zero-order valence-electron chi connectivity index (χ0n) is 14.0. The first-order valence-corrected chi connectivity index (χ1v) is 10.1. The number of hydrogen-bond acceptors (Lipinski definition) is 4. The number of rotatable bonds is 7. The van der Waals surface area contributed by atoms with Crippen LogP contribution in [0.4, 0.5) is 0 Å². The highest BCUT2D eigenvalue weighted by Crippen LogP contribution is 2.18. The molecule has 0 aromatic heterocycles. The zero-order valence-corrected chi connectivity index (χ0v) is 14.8. The minimum absolute atomic E-state index is 0.0509. The SMILES string of the molecule is O=C(CCNS(=O)(=O)c1ccc(C(=O)N2CCCC2)cc1)NC1CC1. The number of carbonyl (C=O) groups is 2. The molecule has 1 aliphatic carbocycles. The second-order valence-corrected chi connectivity index (χ2v) is 8.28. The van der Waals surface area contributed by atoms with E-state index in [9.17, 15) is 18.0 Å². The smallest absolute Gasteiger partial charge is 0.253 e. The Hall–Kier alpha value is -1.93. The Balaban J connectivity index is 1.54. The Bertz CT molecular complexity index is 736. The number of likely N-dealkylation sites (tertiary alicyclic amines) is 1. The van der Waals surface area contributed by atoms with E-state index in [2.05, 4.69) is 10.0 Å². The monoisotopic (exact) mass is 365 g/mol. The summed E-state index contributed by atoms with van der Waals surface area (Å²) in [6.07, 6.45) is 4.13. The van der Waals surface area contributed by atoms with E-state index in [-0.39, 0.29) is 35.7 Å². The van der Waals surface area contributed by atoms with E-state index >= 15 is 0 Å². The molecule has 1 aromatic rings. The van der Waals surface area contributed by atoms with Gasteiger partial charge in [-0.2, -0.15) is 0 Å². The van der Waals surface area contributed by atoms with Gasteiger partial charge >= 0.3 is 0 Å². The lowest BCUT2D eigenvalue weighted by molar-refractivity contribution is -0.121. The van der Waals surface area contributed by atoms with Crippen LogP contribution in [-0.2, 0) is 14.8 Å². The fourth-order valence-corrected chi connectivity index (χ4v) is 3.82. The van der Waals surface area contributed by atoms with Crippen LogP contribution in [0.1, 0.15) is 42.5 Å². The van der Waals surface area contributed by atoms with Crippen molar-refractivity contribution in [1.29, 1.82) is 0 Å². The highest BCUT2D eigenvalue weighted by molar-refractivity contribution is 7.89. The summed E-state index contributed by atoms with van der Waals surface area (Å²) in [5.74, 6) is -0.206. The molecule has 7 nitrogen and oxygen atoms in total. The van der Waals surface area contributed by atoms with Crippen molar-refractivity contribution in [3.8, 4) is 0 Å². The standard InChI is InChI=1S/C17H23N3O4S/c21-16(19-14-5-6-14)9-10-18-25(23,24)15-7-3-13(4-8-15)17(22)20-11-1-2-12-20/h3-4,7-8,14,18H,1-2,5-6,9-12H2,(H,19,21). The Morgan fingerprint density at radius 2 is 1.72 bits per heavy atom. The second kappa shape index (κ2) is 7.53. The van der Waals surface area contributed by atoms with Crippen molar-refractivity contribution < 1.29 is 18.0 Å². The van der Waals surface area contributed by atoms with Gasteiger partial charge in [-0.3, -0.25) is 9.59 Å². The van der Waals surface area contributed by atoms with Gasteiger partial charge in [0, 0.05) is 37.7 Å². The lowest BCUT2D eigenvalue weighted by Gasteiger charge is -2.15. The Labute approximate surface area is 147 Å². The van der Waals surface area contributed by atoms with Crippen molar-refractivity contribution in [2.75, 3.05) is 19.6 Å². The molecule has 0 bridgehead atoms. The van der Waals surface area contributed by atoms with Crippen LogP contribution in [0.2, 0.25) is 0 Å². The number of carbonyl (C=O) groups excluding carboxylic acids is 2. The summed E-state index contributed by atoms with van der Waals surface area (Å²) in [4.78, 5) is 25.7. The molecule has 136 valence electrons. The molecule has 1 heterocycles. The van der Waals surface area contributed by atoms with Crippen molar-refractivity contribution >= 4 is 21.8 Å². The van der Waals surface area contributed by atoms with Crippen molar-refractivity contribution in [3.05, 3.63) is 29.8 Å². The molecule has 2 N–H and O–H groups in total. The molecule has 0 spiro atoms. The van der Waals surface area contributed by atoms with Crippen molar-refractivity contribution in [2.45, 2.75) is 43.0 Å². The quantitative estimate of drug-likeness (QED) is 0.749. The molecular formula is C17H23N3O4S. The largest absolute Gasteiger partial charge is 0.353 e. The minimum Gasteiger partial charge on any atom is -0.353 e. The Morgan fingerprint density at radius 1 is 1.08 bits per heavy atom. The number of nitrogens with zero attached hydrogens (tertiary/aromatic N) is 1. The van der Waals surface area contributed by atoms with Crippen LogP contribution in [0.15, 0.2) is 29.2 Å². The lowest BCUT2D eigenvalue weighted by Crippen LogP contribution is -2.31. The van der Waals surface area contributed by atoms with E-state index in [1.165, 1.54) is 24.3 Å². The van der Waals surface area contributed by atoms with E-state index in [0.717, 1.165) is 38.8 Å². The van der Waals surface area contributed by atoms with Gasteiger partial charge in [-0.25, -0.2) is 13.1 Å². The molecule has 2 aliphatic rings. The fourth-order valence-electron chi connectivity index (χ4n) is 2.79. The summed E-state index contributed by atoms with van der Waals surface area (Å²) in [6.45, 7) is 1.56. The molecule has 0 unspecified atom stereocenters. The Kier molecular flexibility index (Phi) is 5.39. The molecule has 2 amide bonds. The van der Waals surface area contributed by atoms with Gasteiger partial charge in [0.25, 0.3) is 5.91 Å². The van der Waals surface area contributed by atoms with Crippen LogP contribution in [0.5, 0.6) is 0 Å². The van der Waals surface area contributed by atoms with E-state index in [1.54, 1.807) is 4.90 Å². The molecule has 0 radical (unpaired) electrons. The van der Waals surface area contributed by atoms with Crippen molar-refractivity contribution in [3.63, 3.8) is 0 Å². The van der Waals surface area contributed by atoms with Gasteiger partial charge in [0.15, 0.2) is 0 Å². The highest BCUT2D eigenvalue weighted by Gasteiger charge is 2.23. The molecule has 8 heteroatoms. The molecule has 3 rings (SSSR count). The van der Waals surface area contributed by atoms with E-state index in [0.29, 0.717) is 5.56 Å². The molecule has 0 atom stereocenters. The molecule has 1 saturated carbocycles. The topological polar surface area (TPSA) is 95.6 Å². The van der Waals surface area contributed by atoms with Gasteiger partial charge in [-0.15, -0.1) is 0 Å². The maximum absolute atomic E-state index is 12.3. The van der Waals surface area contributed by atoms with Crippen LogP contribution >= 0.6 is 0 Å². The van der Waals surface area contributed by atoms with Crippen LogP contribution in [0, 0.1) is 0 Å². The number of amides is 2. The average molecular weight is 365 g/mol. The van der Waals surface area contributed by atoms with Gasteiger partial charge in [0.1, 0.15) is 0 Å². The van der Waals surface area contributed by atoms with Crippen molar-refractivity contribution in [1.82, 2.24) is 14.9 Å². The highest BCUT2D eigenvalue weighted by atomic mass is 32.2. The van der Waals surface area contributed by atoms with Crippen LogP contribution < -0.4 is 10.0 Å². The minimum atomic E-state index is -3.69. The first kappa shape index (κ1) is 17.9. The fraction of sp³-hybridized carbons (Fsp3) is 0.529. The van der Waals surface area contributed by atoms with E-state index < -0.39 is 10.0 Å². The molecule has 1 aromatic carbocycles. The maximum Gasteiger partial charge on any atom is 0.253 e. The molecule has 1 saturated heterocycles. The number of sulfonamides is 1. The van der Waals surface area contributed by atoms with Gasteiger partial charge in [-0.05, 0) is 49.9 Å². The second-order valence-electron chi connectivity index (χ2n) is 6.51. The summed E-state index contributed by atoms with van der Waals surface area (Å²) in [7, 11) is -3.69. The summed E-state index contributed by atoms with van der Waals surface area (Å²) in [5, 5.41) is 2.81. The molecule has 1 aliphatic heterocycles. The van der Waals surface area contributed by atoms with Crippen LogP contribution in [-0.4, -0.2) is 50.8 Å². The third-order valence-corrected chi connectivity index (χ3v) is 5.87. The summed E-state index contributed by atoms with van der Waals surface area (Å²) >= 11 is 0. The summed E-state index contributed by atoms with van der Waals surface area (Å²) in [6, 6.07) is 6.19. The van der Waals surface area contributed by atoms with E-state index in [1.807, 2.05) is 0 Å². The summed E-state index contributed by atoms with van der Waals surface area (Å²) in [5.41, 5.74) is 0.490. The lowest BCUT2D eigenvalue weighted by atomic mass is 10.2. The third-order valence-electron chi connectivity index (χ3n) is 4.39.